The molecule has 5 heteroatoms. The number of ether oxygens (including phenoxy) is 3. The van der Waals surface area contributed by atoms with E-state index in [1.54, 1.807) is 51.5 Å². The Hall–Kier alpha value is -2.69. The predicted octanol–water partition coefficient (Wildman–Crippen LogP) is 3.11. The number of carbonyl (C=O) groups excluding carboxylic acids is 1. The van der Waals surface area contributed by atoms with E-state index in [0.29, 0.717) is 22.9 Å². The van der Waals surface area contributed by atoms with Crippen molar-refractivity contribution in [2.24, 2.45) is 0 Å². The Balaban J connectivity index is 2.07. The molecule has 0 spiro atoms. The lowest BCUT2D eigenvalue weighted by Gasteiger charge is -2.16. The third-order valence-electron chi connectivity index (χ3n) is 3.09. The highest BCUT2D eigenvalue weighted by atomic mass is 16.5. The standard InChI is InChI=1S/C17H19NO4/c1-12(22-13-7-5-4-6-8-13)17(19)18-15-11-14(20-2)9-10-16(15)21-3/h4-12H,1-3H3,(H,18,19)/t12-/m0/s1. The van der Waals surface area contributed by atoms with Gasteiger partial charge in [0.25, 0.3) is 5.91 Å². The summed E-state index contributed by atoms with van der Waals surface area (Å²) in [5.41, 5.74) is 0.537. The van der Waals surface area contributed by atoms with E-state index in [1.165, 1.54) is 0 Å². The highest BCUT2D eigenvalue weighted by molar-refractivity contribution is 5.95. The Labute approximate surface area is 129 Å². The first-order chi connectivity index (χ1) is 10.6. The van der Waals surface area contributed by atoms with Crippen molar-refractivity contribution in [2.45, 2.75) is 13.0 Å². The lowest BCUT2D eigenvalue weighted by atomic mass is 10.2. The average Bonchev–Trinajstić information content (AvgIpc) is 2.55. The van der Waals surface area contributed by atoms with Crippen LogP contribution in [0.15, 0.2) is 48.5 Å². The number of hydrogen-bond acceptors (Lipinski definition) is 4. The van der Waals surface area contributed by atoms with Gasteiger partial charge >= 0.3 is 0 Å². The third kappa shape index (κ3) is 3.91. The largest absolute Gasteiger partial charge is 0.497 e. The normalized spacial score (nSPS) is 11.4. The van der Waals surface area contributed by atoms with Gasteiger partial charge in [-0.15, -0.1) is 0 Å². The van der Waals surface area contributed by atoms with Crippen LogP contribution in [0.1, 0.15) is 6.92 Å². The minimum atomic E-state index is -0.640. The molecule has 0 bridgehead atoms. The first-order valence-corrected chi connectivity index (χ1v) is 6.88. The molecule has 0 saturated carbocycles. The number of nitrogens with one attached hydrogen (secondary N) is 1. The summed E-state index contributed by atoms with van der Waals surface area (Å²) < 4.78 is 16.0. The van der Waals surface area contributed by atoms with Gasteiger partial charge in [0.15, 0.2) is 6.10 Å². The molecule has 116 valence electrons. The van der Waals surface area contributed by atoms with E-state index >= 15 is 0 Å². The lowest BCUT2D eigenvalue weighted by molar-refractivity contribution is -0.122. The van der Waals surface area contributed by atoms with Crippen LogP contribution in [-0.2, 0) is 4.79 Å². The number of benzene rings is 2. The van der Waals surface area contributed by atoms with Gasteiger partial charge in [-0.25, -0.2) is 0 Å². The van der Waals surface area contributed by atoms with Crippen LogP contribution in [0.5, 0.6) is 17.2 Å². The highest BCUT2D eigenvalue weighted by Crippen LogP contribution is 2.29. The van der Waals surface area contributed by atoms with Crippen LogP contribution in [0, 0.1) is 0 Å². The number of amides is 1. The van der Waals surface area contributed by atoms with Gasteiger partial charge in [-0.1, -0.05) is 18.2 Å². The number of methoxy groups -OCH3 is 2. The Morgan fingerprint density at radius 2 is 1.73 bits per heavy atom. The molecular formula is C17H19NO4. The molecule has 0 saturated heterocycles. The SMILES string of the molecule is COc1ccc(OC)c(NC(=O)[C@H](C)Oc2ccccc2)c1. The second kappa shape index (κ2) is 7.36. The molecule has 2 aromatic rings. The van der Waals surface area contributed by atoms with Crippen LogP contribution < -0.4 is 19.5 Å². The average molecular weight is 301 g/mol. The number of rotatable bonds is 6. The predicted molar refractivity (Wildman–Crippen MR) is 84.7 cm³/mol. The van der Waals surface area contributed by atoms with E-state index in [-0.39, 0.29) is 5.91 Å². The zero-order valence-corrected chi connectivity index (χ0v) is 12.8. The fraction of sp³-hybridized carbons (Fsp3) is 0.235. The van der Waals surface area contributed by atoms with Crippen molar-refractivity contribution in [2.75, 3.05) is 19.5 Å². The summed E-state index contributed by atoms with van der Waals surface area (Å²) in [7, 11) is 3.11. The van der Waals surface area contributed by atoms with Crippen molar-refractivity contribution >= 4 is 11.6 Å². The maximum Gasteiger partial charge on any atom is 0.265 e. The van der Waals surface area contributed by atoms with Gasteiger partial charge in [0.2, 0.25) is 0 Å². The van der Waals surface area contributed by atoms with Crippen LogP contribution in [0.2, 0.25) is 0 Å². The molecule has 0 aromatic heterocycles. The number of para-hydroxylation sites is 1. The number of anilines is 1. The quantitative estimate of drug-likeness (QED) is 0.890. The summed E-state index contributed by atoms with van der Waals surface area (Å²) in [5, 5.41) is 2.79. The molecule has 0 aliphatic carbocycles. The second-order valence-electron chi connectivity index (χ2n) is 4.63. The van der Waals surface area contributed by atoms with Crippen LogP contribution in [0.3, 0.4) is 0 Å². The van der Waals surface area contributed by atoms with Gasteiger partial charge < -0.3 is 19.5 Å². The summed E-state index contributed by atoms with van der Waals surface area (Å²) in [6.07, 6.45) is -0.640. The van der Waals surface area contributed by atoms with Crippen molar-refractivity contribution < 1.29 is 19.0 Å². The summed E-state index contributed by atoms with van der Waals surface area (Å²) >= 11 is 0. The fourth-order valence-corrected chi connectivity index (χ4v) is 1.90. The van der Waals surface area contributed by atoms with E-state index in [1.807, 2.05) is 18.2 Å². The molecule has 1 atom stereocenters. The fourth-order valence-electron chi connectivity index (χ4n) is 1.90. The molecule has 0 heterocycles. The smallest absolute Gasteiger partial charge is 0.265 e. The van der Waals surface area contributed by atoms with Gasteiger partial charge in [0, 0.05) is 6.07 Å². The van der Waals surface area contributed by atoms with Crippen molar-refractivity contribution in [3.63, 3.8) is 0 Å². The zero-order valence-electron chi connectivity index (χ0n) is 12.8. The Bertz CT molecular complexity index is 628. The molecular weight excluding hydrogens is 282 g/mol. The van der Waals surface area contributed by atoms with Gasteiger partial charge in [-0.05, 0) is 31.2 Å². The summed E-state index contributed by atoms with van der Waals surface area (Å²) in [4.78, 5) is 12.3. The summed E-state index contributed by atoms with van der Waals surface area (Å²) in [6, 6.07) is 14.4. The Morgan fingerprint density at radius 3 is 2.36 bits per heavy atom. The molecule has 5 nitrogen and oxygen atoms in total. The second-order valence-corrected chi connectivity index (χ2v) is 4.63. The van der Waals surface area contributed by atoms with Crippen molar-refractivity contribution in [1.82, 2.24) is 0 Å². The van der Waals surface area contributed by atoms with E-state index in [0.717, 1.165) is 0 Å². The number of hydrogen-bond donors (Lipinski definition) is 1. The third-order valence-corrected chi connectivity index (χ3v) is 3.09. The van der Waals surface area contributed by atoms with E-state index < -0.39 is 6.10 Å². The van der Waals surface area contributed by atoms with Crippen molar-refractivity contribution in [3.05, 3.63) is 48.5 Å². The number of carbonyl (C=O) groups is 1. The molecule has 2 aromatic carbocycles. The first-order valence-electron chi connectivity index (χ1n) is 6.88. The molecule has 0 aliphatic rings. The highest BCUT2D eigenvalue weighted by Gasteiger charge is 2.17. The zero-order chi connectivity index (χ0) is 15.9. The molecule has 2 rings (SSSR count). The van der Waals surface area contributed by atoms with Crippen molar-refractivity contribution in [1.29, 1.82) is 0 Å². The maximum absolute atomic E-state index is 12.3. The molecule has 22 heavy (non-hydrogen) atoms. The van der Waals surface area contributed by atoms with Gasteiger partial charge in [-0.2, -0.15) is 0 Å². The van der Waals surface area contributed by atoms with Crippen LogP contribution in [0.25, 0.3) is 0 Å². The minimum Gasteiger partial charge on any atom is -0.497 e. The first kappa shape index (κ1) is 15.7. The summed E-state index contributed by atoms with van der Waals surface area (Å²) in [5.74, 6) is 1.56. The maximum atomic E-state index is 12.3. The monoisotopic (exact) mass is 301 g/mol. The van der Waals surface area contributed by atoms with Crippen LogP contribution >= 0.6 is 0 Å². The molecule has 1 N–H and O–H groups in total. The van der Waals surface area contributed by atoms with E-state index in [2.05, 4.69) is 5.32 Å². The van der Waals surface area contributed by atoms with E-state index in [4.69, 9.17) is 14.2 Å². The lowest BCUT2D eigenvalue weighted by Crippen LogP contribution is -2.30. The molecule has 0 unspecified atom stereocenters. The topological polar surface area (TPSA) is 56.8 Å². The van der Waals surface area contributed by atoms with E-state index in [9.17, 15) is 4.79 Å². The van der Waals surface area contributed by atoms with Gasteiger partial charge in [-0.3, -0.25) is 4.79 Å². The minimum absolute atomic E-state index is 0.268. The van der Waals surface area contributed by atoms with Crippen LogP contribution in [0.4, 0.5) is 5.69 Å². The molecule has 0 radical (unpaired) electrons. The van der Waals surface area contributed by atoms with Crippen molar-refractivity contribution in [3.8, 4) is 17.2 Å². The summed E-state index contributed by atoms with van der Waals surface area (Å²) in [6.45, 7) is 1.69. The molecule has 1 amide bonds. The van der Waals surface area contributed by atoms with Gasteiger partial charge in [0.05, 0.1) is 19.9 Å². The molecule has 0 fully saturated rings. The Kier molecular flexibility index (Phi) is 5.25. The van der Waals surface area contributed by atoms with Gasteiger partial charge in [0.1, 0.15) is 17.2 Å². The van der Waals surface area contributed by atoms with Crippen LogP contribution in [-0.4, -0.2) is 26.2 Å². The molecule has 0 aliphatic heterocycles. The Morgan fingerprint density at radius 1 is 1.00 bits per heavy atom.